The molecule has 0 radical (unpaired) electrons. The highest BCUT2D eigenvalue weighted by atomic mass is 32.1. The molecule has 10 nitrogen and oxygen atoms in total. The number of hydrogen-bond donors (Lipinski definition) is 2. The van der Waals surface area contributed by atoms with Crippen molar-refractivity contribution >= 4 is 43.5 Å². The summed E-state index contributed by atoms with van der Waals surface area (Å²) < 4.78 is 31.7. The Morgan fingerprint density at radius 2 is 1.25 bits per heavy atom. The second kappa shape index (κ2) is 16.5. The molecule has 0 saturated carbocycles. The summed E-state index contributed by atoms with van der Waals surface area (Å²) in [4.78, 5) is 38.5. The average molecular weight is 727 g/mol. The molecule has 0 amide bonds. The van der Waals surface area contributed by atoms with E-state index in [1.165, 1.54) is 51.6 Å². The third kappa shape index (κ3) is 8.79. The van der Waals surface area contributed by atoms with Gasteiger partial charge in [0.2, 0.25) is 0 Å². The van der Waals surface area contributed by atoms with E-state index in [1.807, 2.05) is 11.3 Å². The van der Waals surface area contributed by atoms with Crippen LogP contribution in [0.2, 0.25) is 0 Å². The predicted octanol–water partition coefficient (Wildman–Crippen LogP) is 4.96. The van der Waals surface area contributed by atoms with Crippen molar-refractivity contribution in [2.75, 3.05) is 39.3 Å². The molecule has 8 rings (SSSR count). The molecule has 3 aromatic carbocycles. The third-order valence-electron chi connectivity index (χ3n) is 10.2. The SMILES string of the molecule is NC1CCN(CCn2c(=O)cnc3ccc(F)cc32)CC1.O=c1cnc2ccc(F)cc2n1CCN1CCC(NCc2cc3ccccc3s2)CC1. The molecule has 13 heteroatoms. The Hall–Kier alpha value is -4.40. The summed E-state index contributed by atoms with van der Waals surface area (Å²) in [6.45, 7) is 7.43. The number of nitrogens with two attached hydrogens (primary N) is 1. The van der Waals surface area contributed by atoms with Crippen molar-refractivity contribution in [1.29, 1.82) is 0 Å². The number of rotatable bonds is 9. The molecule has 272 valence electrons. The fraction of sp³-hybridized carbons (Fsp3) is 0.385. The summed E-state index contributed by atoms with van der Waals surface area (Å²) in [7, 11) is 0. The Balaban J connectivity index is 0.000000175. The molecule has 2 aliphatic rings. The van der Waals surface area contributed by atoms with Gasteiger partial charge in [0.1, 0.15) is 11.6 Å². The van der Waals surface area contributed by atoms with Crippen LogP contribution >= 0.6 is 11.3 Å². The van der Waals surface area contributed by atoms with Gasteiger partial charge in [0.05, 0.1) is 34.5 Å². The first-order valence-electron chi connectivity index (χ1n) is 18.0. The zero-order valence-electron chi connectivity index (χ0n) is 29.1. The first-order valence-corrected chi connectivity index (χ1v) is 18.8. The number of nitrogens with zero attached hydrogens (tertiary/aromatic N) is 6. The second-order valence-corrected chi connectivity index (χ2v) is 14.9. The van der Waals surface area contributed by atoms with E-state index in [0.717, 1.165) is 71.5 Å². The number of halogens is 2. The summed E-state index contributed by atoms with van der Waals surface area (Å²) in [5.74, 6) is -0.702. The normalized spacial score (nSPS) is 16.4. The van der Waals surface area contributed by atoms with Gasteiger partial charge in [-0.05, 0) is 106 Å². The average Bonchev–Trinajstić information content (AvgIpc) is 3.58. The predicted molar refractivity (Wildman–Crippen MR) is 204 cm³/mol. The van der Waals surface area contributed by atoms with Crippen LogP contribution < -0.4 is 22.2 Å². The van der Waals surface area contributed by atoms with E-state index in [0.29, 0.717) is 47.2 Å². The highest BCUT2D eigenvalue weighted by Crippen LogP contribution is 2.25. The Morgan fingerprint density at radius 1 is 0.712 bits per heavy atom. The van der Waals surface area contributed by atoms with Gasteiger partial charge in [0.25, 0.3) is 11.1 Å². The Kier molecular flexibility index (Phi) is 11.4. The smallest absolute Gasteiger partial charge is 0.269 e. The lowest BCUT2D eigenvalue weighted by Crippen LogP contribution is -2.43. The molecular weight excluding hydrogens is 683 g/mol. The maximum Gasteiger partial charge on any atom is 0.269 e. The fourth-order valence-electron chi connectivity index (χ4n) is 7.12. The van der Waals surface area contributed by atoms with Crippen LogP contribution in [-0.2, 0) is 19.6 Å². The number of piperidine rings is 2. The lowest BCUT2D eigenvalue weighted by atomic mass is 10.1. The monoisotopic (exact) mass is 726 g/mol. The minimum atomic E-state index is -0.354. The minimum absolute atomic E-state index is 0.182. The van der Waals surface area contributed by atoms with Crippen molar-refractivity contribution in [2.45, 2.75) is 57.4 Å². The second-order valence-electron chi connectivity index (χ2n) is 13.7. The van der Waals surface area contributed by atoms with Gasteiger partial charge >= 0.3 is 0 Å². The van der Waals surface area contributed by atoms with E-state index in [2.05, 4.69) is 55.4 Å². The molecule has 3 aromatic heterocycles. The van der Waals surface area contributed by atoms with Crippen LogP contribution in [0.5, 0.6) is 0 Å². The Bertz CT molecular complexity index is 2220. The van der Waals surface area contributed by atoms with Crippen LogP contribution in [0.15, 0.2) is 88.7 Å². The molecule has 0 unspecified atom stereocenters. The van der Waals surface area contributed by atoms with Crippen LogP contribution in [-0.4, -0.2) is 80.3 Å². The van der Waals surface area contributed by atoms with E-state index >= 15 is 0 Å². The maximum atomic E-state index is 13.7. The Morgan fingerprint density at radius 3 is 1.81 bits per heavy atom. The summed E-state index contributed by atoms with van der Waals surface area (Å²) >= 11 is 1.86. The molecule has 52 heavy (non-hydrogen) atoms. The molecular formula is C39H44F2N8O2S. The number of fused-ring (bicyclic) bond motifs is 3. The van der Waals surface area contributed by atoms with Crippen LogP contribution in [0.4, 0.5) is 8.78 Å². The molecule has 0 atom stereocenters. The number of nitrogens with one attached hydrogen (secondary N) is 1. The summed E-state index contributed by atoms with van der Waals surface area (Å²) in [5, 5.41) is 5.03. The van der Waals surface area contributed by atoms with Crippen LogP contribution in [0.25, 0.3) is 32.2 Å². The van der Waals surface area contributed by atoms with Crippen molar-refractivity contribution < 1.29 is 8.78 Å². The molecule has 2 aliphatic heterocycles. The third-order valence-corrected chi connectivity index (χ3v) is 11.3. The molecule has 5 heterocycles. The topological polar surface area (TPSA) is 114 Å². The van der Waals surface area contributed by atoms with E-state index < -0.39 is 0 Å². The Labute approximate surface area is 304 Å². The van der Waals surface area contributed by atoms with Crippen LogP contribution in [0, 0.1) is 11.6 Å². The van der Waals surface area contributed by atoms with Crippen molar-refractivity contribution in [3.63, 3.8) is 0 Å². The molecule has 0 aliphatic carbocycles. The lowest BCUT2D eigenvalue weighted by molar-refractivity contribution is 0.191. The number of benzene rings is 3. The van der Waals surface area contributed by atoms with Gasteiger partial charge in [0, 0.05) is 54.4 Å². The zero-order chi connectivity index (χ0) is 36.0. The highest BCUT2D eigenvalue weighted by Gasteiger charge is 2.20. The number of likely N-dealkylation sites (tertiary alicyclic amines) is 2. The van der Waals surface area contributed by atoms with E-state index in [9.17, 15) is 18.4 Å². The highest BCUT2D eigenvalue weighted by molar-refractivity contribution is 7.19. The first kappa shape index (κ1) is 36.0. The van der Waals surface area contributed by atoms with E-state index in [4.69, 9.17) is 5.73 Å². The standard InChI is InChI=1S/C24H25FN4OS.C15H19FN4O/c25-18-5-6-21-22(14-18)29(24(30)16-27-21)12-11-28-9-7-19(8-10-28)26-15-20-13-17-3-1-2-4-23(17)31-20;16-11-1-2-13-14(9-11)20(15(21)10-18-13)8-7-19-5-3-12(17)4-6-19/h1-6,13-14,16,19,26H,7-12,15H2;1-2,9-10,12H,3-8,17H2. The lowest BCUT2D eigenvalue weighted by Gasteiger charge is -2.32. The van der Waals surface area contributed by atoms with Gasteiger partial charge in [-0.2, -0.15) is 0 Å². The van der Waals surface area contributed by atoms with E-state index in [-0.39, 0.29) is 22.8 Å². The van der Waals surface area contributed by atoms with Gasteiger partial charge in [-0.15, -0.1) is 11.3 Å². The quantitative estimate of drug-likeness (QED) is 0.215. The van der Waals surface area contributed by atoms with E-state index in [1.54, 1.807) is 21.3 Å². The van der Waals surface area contributed by atoms with Crippen molar-refractivity contribution in [3.8, 4) is 0 Å². The van der Waals surface area contributed by atoms with Gasteiger partial charge < -0.3 is 30.0 Å². The van der Waals surface area contributed by atoms with Gasteiger partial charge in [-0.1, -0.05) is 18.2 Å². The number of thiophene rings is 1. The molecule has 2 fully saturated rings. The molecule has 2 saturated heterocycles. The van der Waals surface area contributed by atoms with Crippen molar-refractivity contribution in [3.05, 3.63) is 116 Å². The number of aromatic nitrogens is 4. The molecule has 6 aromatic rings. The van der Waals surface area contributed by atoms with Crippen molar-refractivity contribution in [1.82, 2.24) is 34.2 Å². The summed E-state index contributed by atoms with van der Waals surface area (Å²) in [6.07, 6.45) is 6.77. The molecule has 0 spiro atoms. The summed E-state index contributed by atoms with van der Waals surface area (Å²) in [5.41, 5.74) is 7.91. The largest absolute Gasteiger partial charge is 0.328 e. The van der Waals surface area contributed by atoms with Gasteiger partial charge in [-0.25, -0.2) is 18.7 Å². The fourth-order valence-corrected chi connectivity index (χ4v) is 8.14. The molecule has 0 bridgehead atoms. The van der Waals surface area contributed by atoms with Crippen molar-refractivity contribution in [2.24, 2.45) is 5.73 Å². The van der Waals surface area contributed by atoms with Gasteiger partial charge in [-0.3, -0.25) is 9.59 Å². The zero-order valence-corrected chi connectivity index (χ0v) is 29.9. The van der Waals surface area contributed by atoms with Gasteiger partial charge in [0.15, 0.2) is 0 Å². The van der Waals surface area contributed by atoms with Crippen LogP contribution in [0.1, 0.15) is 30.6 Å². The molecule has 3 N–H and O–H groups in total. The minimum Gasteiger partial charge on any atom is -0.328 e. The van der Waals surface area contributed by atoms with Crippen LogP contribution in [0.3, 0.4) is 0 Å². The summed E-state index contributed by atoms with van der Waals surface area (Å²) in [6, 6.07) is 20.3. The first-order chi connectivity index (χ1) is 25.3. The number of hydrogen-bond acceptors (Lipinski definition) is 9. The maximum absolute atomic E-state index is 13.7.